The molecule has 0 spiro atoms. The molecule has 0 fully saturated rings. The van der Waals surface area contributed by atoms with E-state index < -0.39 is 23.3 Å². The topological polar surface area (TPSA) is 108 Å². The molecule has 1 amide bonds. The Balaban J connectivity index is 1.63. The minimum Gasteiger partial charge on any atom is -0.493 e. The molecule has 9 nitrogen and oxygen atoms in total. The van der Waals surface area contributed by atoms with Gasteiger partial charge in [-0.25, -0.2) is 9.78 Å². The van der Waals surface area contributed by atoms with Gasteiger partial charge in [0, 0.05) is 5.02 Å². The zero-order valence-electron chi connectivity index (χ0n) is 24.1. The summed E-state index contributed by atoms with van der Waals surface area (Å²) in [5.74, 6) is -0.259. The lowest BCUT2D eigenvalue weighted by molar-refractivity contribution is 0.0554. The first-order valence-electron chi connectivity index (χ1n) is 13.9. The summed E-state index contributed by atoms with van der Waals surface area (Å²) in [7, 11) is 1.53. The Labute approximate surface area is 257 Å². The molecule has 0 aliphatic carbocycles. The molecular formula is C32H31ClN2O7S. The third-order valence-corrected chi connectivity index (χ3v) is 8.47. The van der Waals surface area contributed by atoms with Crippen molar-refractivity contribution in [2.24, 2.45) is 0 Å². The van der Waals surface area contributed by atoms with Crippen molar-refractivity contribution in [1.29, 1.82) is 0 Å². The minimum atomic E-state index is -0.933. The van der Waals surface area contributed by atoms with Crippen LogP contribution in [-0.4, -0.2) is 37.2 Å². The molecule has 1 aliphatic heterocycles. The number of thiazole rings is 1. The fourth-order valence-corrected chi connectivity index (χ4v) is 6.18. The number of anilines is 1. The summed E-state index contributed by atoms with van der Waals surface area (Å²) in [4.78, 5) is 46.8. The summed E-state index contributed by atoms with van der Waals surface area (Å²) in [6.07, 6.45) is 5.70. The highest BCUT2D eigenvalue weighted by molar-refractivity contribution is 7.17. The Kier molecular flexibility index (Phi) is 9.17. The van der Waals surface area contributed by atoms with E-state index in [9.17, 15) is 14.4 Å². The summed E-state index contributed by atoms with van der Waals surface area (Å²) in [6, 6.07) is 9.02. The zero-order valence-corrected chi connectivity index (χ0v) is 25.7. The molecule has 5 rings (SSSR count). The molecule has 43 heavy (non-hydrogen) atoms. The van der Waals surface area contributed by atoms with Gasteiger partial charge in [0.05, 0.1) is 36.4 Å². The first-order valence-corrected chi connectivity index (χ1v) is 15.1. The van der Waals surface area contributed by atoms with Crippen molar-refractivity contribution < 1.29 is 28.2 Å². The Morgan fingerprint density at radius 3 is 2.72 bits per heavy atom. The van der Waals surface area contributed by atoms with E-state index in [1.165, 1.54) is 24.2 Å². The fraction of sp³-hybridized carbons (Fsp3) is 0.312. The smallest absolute Gasteiger partial charge is 0.350 e. The first-order chi connectivity index (χ1) is 20.8. The Bertz CT molecular complexity index is 1760. The average Bonchev–Trinajstić information content (AvgIpc) is 3.53. The number of hydrogen-bond acceptors (Lipinski definition) is 9. The van der Waals surface area contributed by atoms with E-state index in [2.05, 4.69) is 18.5 Å². The first kappa shape index (κ1) is 30.3. The number of rotatable bonds is 12. The molecule has 0 N–H and O–H groups in total. The number of halogens is 1. The highest BCUT2D eigenvalue weighted by atomic mass is 35.5. The Morgan fingerprint density at radius 2 is 1.98 bits per heavy atom. The lowest BCUT2D eigenvalue weighted by Crippen LogP contribution is -2.29. The van der Waals surface area contributed by atoms with Crippen molar-refractivity contribution in [2.45, 2.75) is 45.6 Å². The third-order valence-electron chi connectivity index (χ3n) is 7.10. The SMILES string of the molecule is C=CCOC(=O)c1sc(N2C(=O)c3oc4ccc(Cl)cc4c(=O)c3C2c2ccc(OCCCCCC)c(OC)c2)nc1C. The van der Waals surface area contributed by atoms with Crippen molar-refractivity contribution in [3.8, 4) is 11.5 Å². The van der Waals surface area contributed by atoms with Crippen molar-refractivity contribution >= 4 is 50.9 Å². The lowest BCUT2D eigenvalue weighted by Gasteiger charge is -2.23. The van der Waals surface area contributed by atoms with Crippen LogP contribution in [0.1, 0.15) is 75.7 Å². The number of aromatic nitrogens is 1. The number of hydrogen-bond donors (Lipinski definition) is 0. The number of amides is 1. The van der Waals surface area contributed by atoms with E-state index in [1.807, 2.05) is 0 Å². The summed E-state index contributed by atoms with van der Waals surface area (Å²) in [5.41, 5.74) is 0.930. The largest absolute Gasteiger partial charge is 0.493 e. The number of nitrogens with zero attached hydrogens (tertiary/aromatic N) is 2. The van der Waals surface area contributed by atoms with E-state index in [4.69, 9.17) is 30.2 Å². The van der Waals surface area contributed by atoms with Gasteiger partial charge in [-0.05, 0) is 49.2 Å². The molecule has 0 saturated heterocycles. The van der Waals surface area contributed by atoms with E-state index in [-0.39, 0.29) is 38.9 Å². The van der Waals surface area contributed by atoms with Gasteiger partial charge in [0.1, 0.15) is 17.1 Å². The molecule has 1 unspecified atom stereocenters. The predicted octanol–water partition coefficient (Wildman–Crippen LogP) is 7.27. The van der Waals surface area contributed by atoms with Crippen LogP contribution >= 0.6 is 22.9 Å². The number of carbonyl (C=O) groups is 2. The maximum absolute atomic E-state index is 14.0. The molecule has 11 heteroatoms. The molecule has 4 aromatic rings. The summed E-state index contributed by atoms with van der Waals surface area (Å²) >= 11 is 7.21. The number of fused-ring (bicyclic) bond motifs is 2. The quantitative estimate of drug-likeness (QED) is 0.0922. The Morgan fingerprint density at radius 1 is 1.16 bits per heavy atom. The summed E-state index contributed by atoms with van der Waals surface area (Å²) in [6.45, 7) is 7.94. The van der Waals surface area contributed by atoms with E-state index >= 15 is 0 Å². The molecule has 2 aromatic carbocycles. The minimum absolute atomic E-state index is 0.0304. The second-order valence-electron chi connectivity index (χ2n) is 10.0. The van der Waals surface area contributed by atoms with Crippen LogP contribution in [0.2, 0.25) is 5.02 Å². The van der Waals surface area contributed by atoms with E-state index in [0.717, 1.165) is 37.0 Å². The monoisotopic (exact) mass is 622 g/mol. The van der Waals surface area contributed by atoms with Crippen molar-refractivity contribution in [3.63, 3.8) is 0 Å². The van der Waals surface area contributed by atoms with Crippen LogP contribution in [0, 0.1) is 6.92 Å². The second-order valence-corrected chi connectivity index (χ2v) is 11.4. The highest BCUT2D eigenvalue weighted by Crippen LogP contribution is 2.45. The normalized spacial score (nSPS) is 14.2. The molecule has 2 aromatic heterocycles. The van der Waals surface area contributed by atoms with Crippen LogP contribution in [0.25, 0.3) is 11.0 Å². The van der Waals surface area contributed by atoms with Crippen molar-refractivity contribution in [3.05, 3.63) is 91.8 Å². The molecule has 0 radical (unpaired) electrons. The van der Waals surface area contributed by atoms with Crippen LogP contribution in [0.4, 0.5) is 5.13 Å². The van der Waals surface area contributed by atoms with Crippen molar-refractivity contribution in [2.75, 3.05) is 25.2 Å². The molecule has 224 valence electrons. The molecular weight excluding hydrogens is 592 g/mol. The number of methoxy groups -OCH3 is 1. The third kappa shape index (κ3) is 5.89. The number of unbranched alkanes of at least 4 members (excludes halogenated alkanes) is 3. The van der Waals surface area contributed by atoms with Crippen LogP contribution in [0.15, 0.2) is 58.3 Å². The fourth-order valence-electron chi connectivity index (χ4n) is 5.02. The molecule has 1 aliphatic rings. The summed E-state index contributed by atoms with van der Waals surface area (Å²) in [5, 5.41) is 0.813. The van der Waals surface area contributed by atoms with Gasteiger partial charge < -0.3 is 18.6 Å². The Hall–Kier alpha value is -4.15. The molecule has 1 atom stereocenters. The number of aryl methyl sites for hydroxylation is 1. The van der Waals surface area contributed by atoms with Gasteiger partial charge in [-0.15, -0.1) is 0 Å². The number of ether oxygens (including phenoxy) is 3. The van der Waals surface area contributed by atoms with Gasteiger partial charge in [-0.2, -0.15) is 0 Å². The number of esters is 1. The predicted molar refractivity (Wildman–Crippen MR) is 166 cm³/mol. The molecule has 3 heterocycles. The van der Waals surface area contributed by atoms with E-state index in [0.29, 0.717) is 34.4 Å². The average molecular weight is 623 g/mol. The van der Waals surface area contributed by atoms with E-state index in [1.54, 1.807) is 37.3 Å². The number of carbonyl (C=O) groups excluding carboxylic acids is 2. The van der Waals surface area contributed by atoms with Crippen LogP contribution < -0.4 is 19.8 Å². The highest BCUT2D eigenvalue weighted by Gasteiger charge is 2.45. The standard InChI is InChI=1S/C32H31ClN2O7S/c1-5-7-8-9-15-40-23-12-10-19(16-24(23)39-4)26-25-27(36)21-17-20(33)11-13-22(21)42-28(25)30(37)35(26)32-34-18(3)29(43-32)31(38)41-14-6-2/h6,10-13,16-17,26H,2,5,7-9,14-15H2,1,3-4H3. The van der Waals surface area contributed by atoms with Gasteiger partial charge in [0.2, 0.25) is 5.76 Å². The number of benzene rings is 2. The maximum atomic E-state index is 14.0. The zero-order chi connectivity index (χ0) is 30.7. The maximum Gasteiger partial charge on any atom is 0.350 e. The van der Waals surface area contributed by atoms with Gasteiger partial charge in [0.25, 0.3) is 5.91 Å². The van der Waals surface area contributed by atoms with Gasteiger partial charge in [-0.1, -0.05) is 67.8 Å². The van der Waals surface area contributed by atoms with Gasteiger partial charge in [-0.3, -0.25) is 14.5 Å². The van der Waals surface area contributed by atoms with Gasteiger partial charge in [0.15, 0.2) is 22.1 Å². The van der Waals surface area contributed by atoms with Crippen LogP contribution in [-0.2, 0) is 4.74 Å². The molecule has 0 saturated carbocycles. The van der Waals surface area contributed by atoms with Crippen molar-refractivity contribution in [1.82, 2.24) is 4.98 Å². The lowest BCUT2D eigenvalue weighted by atomic mass is 9.98. The molecule has 0 bridgehead atoms. The van der Waals surface area contributed by atoms with Crippen LogP contribution in [0.5, 0.6) is 11.5 Å². The second kappa shape index (κ2) is 13.0. The van der Waals surface area contributed by atoms with Crippen LogP contribution in [0.3, 0.4) is 0 Å². The summed E-state index contributed by atoms with van der Waals surface area (Å²) < 4.78 is 22.9. The van der Waals surface area contributed by atoms with Gasteiger partial charge >= 0.3 is 5.97 Å².